The number of amides is 1. The van der Waals surface area contributed by atoms with Gasteiger partial charge in [-0.2, -0.15) is 5.10 Å². The molecule has 2 N–H and O–H groups in total. The maximum Gasteiger partial charge on any atom is 0.259 e. The van der Waals surface area contributed by atoms with Gasteiger partial charge in [0.05, 0.1) is 13.7 Å². The number of nitrogens with zero attached hydrogens (tertiary/aromatic N) is 1. The van der Waals surface area contributed by atoms with Crippen molar-refractivity contribution >= 4 is 17.3 Å². The van der Waals surface area contributed by atoms with Gasteiger partial charge in [0.2, 0.25) is 0 Å². The van der Waals surface area contributed by atoms with Crippen LogP contribution in [0.5, 0.6) is 5.75 Å². The highest BCUT2D eigenvalue weighted by Gasteiger charge is 2.37. The summed E-state index contributed by atoms with van der Waals surface area (Å²) in [7, 11) is 1.62. The molecule has 5 heteroatoms. The van der Waals surface area contributed by atoms with Gasteiger partial charge in [0.25, 0.3) is 5.91 Å². The van der Waals surface area contributed by atoms with Gasteiger partial charge in [-0.1, -0.05) is 12.2 Å². The third kappa shape index (κ3) is 3.07. The average molecular weight is 285 g/mol. The number of carbonyl (C=O) groups is 1. The number of carbonyl (C=O) groups excluding carboxylic acids is 1. The fraction of sp³-hybridized carbons (Fsp3) is 0.375. The maximum absolute atomic E-state index is 11.8. The smallest absolute Gasteiger partial charge is 0.259 e. The number of rotatable bonds is 5. The van der Waals surface area contributed by atoms with E-state index in [4.69, 9.17) is 4.74 Å². The van der Waals surface area contributed by atoms with E-state index in [0.717, 1.165) is 30.0 Å². The van der Waals surface area contributed by atoms with E-state index in [0.29, 0.717) is 11.8 Å². The van der Waals surface area contributed by atoms with Crippen LogP contribution in [-0.4, -0.2) is 25.3 Å². The van der Waals surface area contributed by atoms with E-state index in [-0.39, 0.29) is 12.5 Å². The first-order valence-electron chi connectivity index (χ1n) is 7.16. The summed E-state index contributed by atoms with van der Waals surface area (Å²) >= 11 is 0. The number of ether oxygens (including phenoxy) is 1. The van der Waals surface area contributed by atoms with E-state index in [2.05, 4.69) is 28.0 Å². The van der Waals surface area contributed by atoms with E-state index < -0.39 is 0 Å². The number of methoxy groups -OCH3 is 1. The van der Waals surface area contributed by atoms with Gasteiger partial charge in [-0.3, -0.25) is 4.79 Å². The molecule has 0 spiro atoms. The number of hydrogen-bond donors (Lipinski definition) is 2. The molecular weight excluding hydrogens is 266 g/mol. The van der Waals surface area contributed by atoms with Crippen LogP contribution in [-0.2, 0) is 4.79 Å². The number of hydrazone groups is 1. The van der Waals surface area contributed by atoms with Crippen LogP contribution < -0.4 is 15.5 Å². The van der Waals surface area contributed by atoms with E-state index in [1.807, 2.05) is 24.3 Å². The second kappa shape index (κ2) is 5.99. The van der Waals surface area contributed by atoms with Crippen molar-refractivity contribution in [2.24, 2.45) is 16.9 Å². The Hall–Kier alpha value is -2.30. The topological polar surface area (TPSA) is 62.7 Å². The molecule has 1 amide bonds. The summed E-state index contributed by atoms with van der Waals surface area (Å²) in [5.41, 5.74) is 4.61. The lowest BCUT2D eigenvalue weighted by atomic mass is 9.74. The average Bonchev–Trinajstić information content (AvgIpc) is 2.87. The van der Waals surface area contributed by atoms with Crippen LogP contribution in [0.4, 0.5) is 5.69 Å². The molecule has 2 aliphatic carbocycles. The molecule has 1 aromatic rings. The maximum atomic E-state index is 11.8. The molecule has 0 saturated heterocycles. The first-order chi connectivity index (χ1) is 10.3. The zero-order valence-corrected chi connectivity index (χ0v) is 12.0. The Kier molecular flexibility index (Phi) is 3.90. The SMILES string of the molecule is COc1ccc(NCC(=O)N/N=C2/C[C@@H]3C=CC[C@H]23)cc1. The highest BCUT2D eigenvalue weighted by atomic mass is 16.5. The molecule has 1 fully saturated rings. The fourth-order valence-corrected chi connectivity index (χ4v) is 2.73. The van der Waals surface area contributed by atoms with Crippen molar-refractivity contribution in [3.05, 3.63) is 36.4 Å². The van der Waals surface area contributed by atoms with Crippen LogP contribution in [0, 0.1) is 11.8 Å². The summed E-state index contributed by atoms with van der Waals surface area (Å²) < 4.78 is 5.08. The Balaban J connectivity index is 1.43. The second-order valence-corrected chi connectivity index (χ2v) is 5.36. The summed E-state index contributed by atoms with van der Waals surface area (Å²) in [5.74, 6) is 1.84. The number of allylic oxidation sites excluding steroid dienone is 2. The minimum absolute atomic E-state index is 0.132. The zero-order valence-electron chi connectivity index (χ0n) is 12.0. The van der Waals surface area contributed by atoms with Crippen LogP contribution >= 0.6 is 0 Å². The molecule has 0 unspecified atom stereocenters. The molecule has 1 aromatic carbocycles. The molecule has 1 saturated carbocycles. The zero-order chi connectivity index (χ0) is 14.7. The predicted octanol–water partition coefficient (Wildman–Crippen LogP) is 2.18. The summed E-state index contributed by atoms with van der Waals surface area (Å²) in [6.07, 6.45) is 6.48. The standard InChI is InChI=1S/C16H19N3O2/c1-21-13-7-5-12(6-8-13)17-10-16(20)19-18-15-9-11-3-2-4-14(11)15/h2-3,5-8,11,14,17H,4,9-10H2,1H3,(H,19,20)/b18-15-/t11-,14-/m0/s1. The van der Waals surface area contributed by atoms with Crippen molar-refractivity contribution < 1.29 is 9.53 Å². The largest absolute Gasteiger partial charge is 0.497 e. The minimum Gasteiger partial charge on any atom is -0.497 e. The molecule has 0 aliphatic heterocycles. The van der Waals surface area contributed by atoms with Crippen LogP contribution in [0.1, 0.15) is 12.8 Å². The van der Waals surface area contributed by atoms with Crippen molar-refractivity contribution in [3.8, 4) is 5.75 Å². The van der Waals surface area contributed by atoms with E-state index >= 15 is 0 Å². The Labute approximate surface area is 124 Å². The highest BCUT2D eigenvalue weighted by molar-refractivity contribution is 5.95. The number of nitrogens with one attached hydrogen (secondary N) is 2. The molecule has 2 atom stereocenters. The normalized spacial score (nSPS) is 24.3. The van der Waals surface area contributed by atoms with Crippen molar-refractivity contribution in [1.29, 1.82) is 0 Å². The lowest BCUT2D eigenvalue weighted by molar-refractivity contribution is -0.119. The summed E-state index contributed by atoms with van der Waals surface area (Å²) in [5, 5.41) is 7.28. The van der Waals surface area contributed by atoms with Gasteiger partial charge < -0.3 is 10.1 Å². The first kappa shape index (κ1) is 13.7. The predicted molar refractivity (Wildman–Crippen MR) is 82.4 cm³/mol. The molecule has 21 heavy (non-hydrogen) atoms. The first-order valence-corrected chi connectivity index (χ1v) is 7.16. The Bertz CT molecular complexity index is 578. The van der Waals surface area contributed by atoms with E-state index in [1.54, 1.807) is 7.11 Å². The second-order valence-electron chi connectivity index (χ2n) is 5.36. The Morgan fingerprint density at radius 1 is 1.38 bits per heavy atom. The molecule has 5 nitrogen and oxygen atoms in total. The Morgan fingerprint density at radius 3 is 2.90 bits per heavy atom. The number of anilines is 1. The summed E-state index contributed by atoms with van der Waals surface area (Å²) in [6, 6.07) is 7.45. The van der Waals surface area contributed by atoms with Gasteiger partial charge in [-0.25, -0.2) is 5.43 Å². The van der Waals surface area contributed by atoms with Gasteiger partial charge in [-0.05, 0) is 43.0 Å². The summed E-state index contributed by atoms with van der Waals surface area (Å²) in [4.78, 5) is 11.8. The quantitative estimate of drug-likeness (QED) is 0.644. The highest BCUT2D eigenvalue weighted by Crippen LogP contribution is 2.39. The van der Waals surface area contributed by atoms with Crippen molar-refractivity contribution in [3.63, 3.8) is 0 Å². The van der Waals surface area contributed by atoms with Gasteiger partial charge in [0.1, 0.15) is 5.75 Å². The third-order valence-corrected chi connectivity index (χ3v) is 4.03. The molecule has 110 valence electrons. The molecule has 0 aromatic heterocycles. The van der Waals surface area contributed by atoms with Gasteiger partial charge in [0.15, 0.2) is 0 Å². The Morgan fingerprint density at radius 2 is 2.19 bits per heavy atom. The summed E-state index contributed by atoms with van der Waals surface area (Å²) in [6.45, 7) is 0.204. The van der Waals surface area contributed by atoms with Gasteiger partial charge >= 0.3 is 0 Å². The molecule has 0 heterocycles. The van der Waals surface area contributed by atoms with Crippen LogP contribution in [0.15, 0.2) is 41.5 Å². The van der Waals surface area contributed by atoms with E-state index in [1.165, 1.54) is 0 Å². The van der Waals surface area contributed by atoms with Crippen molar-refractivity contribution in [2.75, 3.05) is 19.0 Å². The molecule has 2 aliphatic rings. The number of benzene rings is 1. The number of fused-ring (bicyclic) bond motifs is 1. The van der Waals surface area contributed by atoms with Crippen molar-refractivity contribution in [2.45, 2.75) is 12.8 Å². The molecular formula is C16H19N3O2. The molecule has 0 radical (unpaired) electrons. The lowest BCUT2D eigenvalue weighted by Crippen LogP contribution is -2.36. The van der Waals surface area contributed by atoms with Crippen molar-refractivity contribution in [1.82, 2.24) is 5.43 Å². The molecule has 3 rings (SSSR count). The number of hydrogen-bond acceptors (Lipinski definition) is 4. The van der Waals surface area contributed by atoms with Gasteiger partial charge in [0, 0.05) is 17.3 Å². The lowest BCUT2D eigenvalue weighted by Gasteiger charge is -2.31. The van der Waals surface area contributed by atoms with Crippen LogP contribution in [0.25, 0.3) is 0 Å². The third-order valence-electron chi connectivity index (χ3n) is 4.03. The van der Waals surface area contributed by atoms with Crippen LogP contribution in [0.3, 0.4) is 0 Å². The van der Waals surface area contributed by atoms with Crippen LogP contribution in [0.2, 0.25) is 0 Å². The van der Waals surface area contributed by atoms with Gasteiger partial charge in [-0.15, -0.1) is 0 Å². The monoisotopic (exact) mass is 285 g/mol. The molecule has 0 bridgehead atoms. The fourth-order valence-electron chi connectivity index (χ4n) is 2.73. The van der Waals surface area contributed by atoms with E-state index in [9.17, 15) is 4.79 Å². The minimum atomic E-state index is -0.132.